The summed E-state index contributed by atoms with van der Waals surface area (Å²) in [5, 5.41) is 9.07. The van der Waals surface area contributed by atoms with Crippen LogP contribution in [0.4, 0.5) is 0 Å². The van der Waals surface area contributed by atoms with Gasteiger partial charge in [-0.05, 0) is 41.2 Å². The maximum absolute atomic E-state index is 11.0. The number of benzene rings is 2. The molecule has 1 saturated carbocycles. The number of hydrogen-bond acceptors (Lipinski definition) is 2. The van der Waals surface area contributed by atoms with E-state index in [1.807, 2.05) is 0 Å². The minimum Gasteiger partial charge on any atom is -0.356 e. The van der Waals surface area contributed by atoms with Crippen molar-refractivity contribution in [2.24, 2.45) is 0 Å². The lowest BCUT2D eigenvalue weighted by atomic mass is 9.99. The molecule has 0 aromatic heterocycles. The van der Waals surface area contributed by atoms with Gasteiger partial charge in [-0.3, -0.25) is 4.79 Å². The number of hydrogen-bond donors (Lipinski definition) is 2. The number of rotatable bonds is 6. The van der Waals surface area contributed by atoms with E-state index in [-0.39, 0.29) is 5.91 Å². The van der Waals surface area contributed by atoms with Crippen molar-refractivity contribution in [3.05, 3.63) is 47.5 Å². The molecule has 0 saturated heterocycles. The van der Waals surface area contributed by atoms with Gasteiger partial charge in [0.1, 0.15) is 0 Å². The molecule has 2 aromatic rings. The Bertz CT molecular complexity index is 647. The maximum atomic E-state index is 11.0. The fourth-order valence-corrected chi connectivity index (χ4v) is 2.67. The zero-order chi connectivity index (χ0) is 14.7. The Morgan fingerprint density at radius 1 is 1.24 bits per heavy atom. The third kappa shape index (κ3) is 3.82. The van der Waals surface area contributed by atoms with Gasteiger partial charge in [0.15, 0.2) is 0 Å². The van der Waals surface area contributed by atoms with Gasteiger partial charge in [0.25, 0.3) is 0 Å². The van der Waals surface area contributed by atoms with Gasteiger partial charge in [-0.2, -0.15) is 0 Å². The molecule has 3 nitrogen and oxygen atoms in total. The van der Waals surface area contributed by atoms with E-state index in [0.29, 0.717) is 12.6 Å². The van der Waals surface area contributed by atoms with E-state index in [4.69, 9.17) is 0 Å². The van der Waals surface area contributed by atoms with Gasteiger partial charge in [0.05, 0.1) is 0 Å². The van der Waals surface area contributed by atoms with Crippen molar-refractivity contribution in [3.8, 4) is 0 Å². The molecule has 0 atom stereocenters. The maximum Gasteiger partial charge on any atom is 0.216 e. The van der Waals surface area contributed by atoms with Gasteiger partial charge < -0.3 is 10.6 Å². The molecular weight excluding hydrogens is 260 g/mol. The van der Waals surface area contributed by atoms with Crippen LogP contribution in [0.15, 0.2) is 36.4 Å². The van der Waals surface area contributed by atoms with E-state index < -0.39 is 0 Å². The summed E-state index contributed by atoms with van der Waals surface area (Å²) in [5.74, 6) is 0.0337. The van der Waals surface area contributed by atoms with Crippen LogP contribution in [0.2, 0.25) is 0 Å². The summed E-state index contributed by atoms with van der Waals surface area (Å²) in [5.41, 5.74) is 2.65. The fourth-order valence-electron chi connectivity index (χ4n) is 2.67. The van der Waals surface area contributed by atoms with Crippen LogP contribution in [0.1, 0.15) is 30.9 Å². The van der Waals surface area contributed by atoms with Crippen LogP contribution in [-0.2, 0) is 17.8 Å². The topological polar surface area (TPSA) is 41.1 Å². The molecule has 21 heavy (non-hydrogen) atoms. The molecule has 1 aliphatic carbocycles. The molecule has 2 aromatic carbocycles. The van der Waals surface area contributed by atoms with E-state index >= 15 is 0 Å². The summed E-state index contributed by atoms with van der Waals surface area (Å²) in [4.78, 5) is 11.0. The van der Waals surface area contributed by atoms with Gasteiger partial charge in [-0.1, -0.05) is 36.4 Å². The molecular formula is C18H22N2O. The van der Waals surface area contributed by atoms with E-state index in [1.54, 1.807) is 6.92 Å². The molecule has 0 heterocycles. The average molecular weight is 282 g/mol. The lowest BCUT2D eigenvalue weighted by Crippen LogP contribution is -2.22. The molecule has 0 spiro atoms. The molecule has 3 rings (SSSR count). The van der Waals surface area contributed by atoms with E-state index in [0.717, 1.165) is 13.0 Å². The normalized spacial score (nSPS) is 14.3. The Hall–Kier alpha value is -1.87. The van der Waals surface area contributed by atoms with Gasteiger partial charge in [0, 0.05) is 26.1 Å². The molecule has 0 bridgehead atoms. The van der Waals surface area contributed by atoms with Crippen molar-refractivity contribution in [1.29, 1.82) is 0 Å². The van der Waals surface area contributed by atoms with Crippen LogP contribution >= 0.6 is 0 Å². The number of carbonyl (C=O) groups excluding carboxylic acids is 1. The molecule has 1 amide bonds. The predicted octanol–water partition coefficient (Wildman–Crippen LogP) is 2.77. The van der Waals surface area contributed by atoms with E-state index in [2.05, 4.69) is 47.0 Å². The molecule has 2 N–H and O–H groups in total. The SMILES string of the molecule is CC(=O)NCCc1cc(CNC2CC2)c2ccccc2c1. The van der Waals surface area contributed by atoms with Gasteiger partial charge in [-0.25, -0.2) is 0 Å². The summed E-state index contributed by atoms with van der Waals surface area (Å²) in [6, 6.07) is 13.8. The Kier molecular flexibility index (Phi) is 4.20. The van der Waals surface area contributed by atoms with Gasteiger partial charge in [-0.15, -0.1) is 0 Å². The standard InChI is InChI=1S/C18H22N2O/c1-13(21)19-9-8-14-10-15-4-2-3-5-18(15)16(11-14)12-20-17-6-7-17/h2-5,10-11,17,20H,6-9,12H2,1H3,(H,19,21). The number of nitrogens with one attached hydrogen (secondary N) is 2. The Balaban J connectivity index is 1.80. The zero-order valence-corrected chi connectivity index (χ0v) is 12.5. The van der Waals surface area contributed by atoms with Crippen LogP contribution < -0.4 is 10.6 Å². The molecule has 0 unspecified atom stereocenters. The number of carbonyl (C=O) groups is 1. The highest BCUT2D eigenvalue weighted by molar-refractivity contribution is 5.86. The monoisotopic (exact) mass is 282 g/mol. The van der Waals surface area contributed by atoms with Crippen molar-refractivity contribution in [3.63, 3.8) is 0 Å². The summed E-state index contributed by atoms with van der Waals surface area (Å²) in [6.07, 6.45) is 3.49. The minimum absolute atomic E-state index is 0.0337. The highest BCUT2D eigenvalue weighted by Gasteiger charge is 2.20. The smallest absolute Gasteiger partial charge is 0.216 e. The average Bonchev–Trinajstić information content (AvgIpc) is 3.28. The Morgan fingerprint density at radius 2 is 2.05 bits per heavy atom. The largest absolute Gasteiger partial charge is 0.356 e. The second-order valence-electron chi connectivity index (χ2n) is 5.86. The summed E-state index contributed by atoms with van der Waals surface area (Å²) in [7, 11) is 0. The molecule has 110 valence electrons. The Morgan fingerprint density at radius 3 is 2.81 bits per heavy atom. The second-order valence-corrected chi connectivity index (χ2v) is 5.86. The van der Waals surface area contributed by atoms with Crippen LogP contribution in [0.5, 0.6) is 0 Å². The van der Waals surface area contributed by atoms with Crippen molar-refractivity contribution >= 4 is 16.7 Å². The number of fused-ring (bicyclic) bond motifs is 1. The van der Waals surface area contributed by atoms with Gasteiger partial charge >= 0.3 is 0 Å². The van der Waals surface area contributed by atoms with Crippen molar-refractivity contribution in [2.75, 3.05) is 6.54 Å². The molecule has 0 aliphatic heterocycles. The van der Waals surface area contributed by atoms with Crippen molar-refractivity contribution in [2.45, 2.75) is 38.8 Å². The highest BCUT2D eigenvalue weighted by Crippen LogP contribution is 2.24. The summed E-state index contributed by atoms with van der Waals surface area (Å²) in [6.45, 7) is 3.19. The number of amides is 1. The second kappa shape index (κ2) is 6.27. The van der Waals surface area contributed by atoms with Crippen molar-refractivity contribution in [1.82, 2.24) is 10.6 Å². The quantitative estimate of drug-likeness (QED) is 0.855. The predicted molar refractivity (Wildman–Crippen MR) is 86.2 cm³/mol. The fraction of sp³-hybridized carbons (Fsp3) is 0.389. The van der Waals surface area contributed by atoms with Crippen LogP contribution in [0, 0.1) is 0 Å². The molecule has 3 heteroatoms. The lowest BCUT2D eigenvalue weighted by Gasteiger charge is -2.11. The summed E-state index contributed by atoms with van der Waals surface area (Å²) < 4.78 is 0. The summed E-state index contributed by atoms with van der Waals surface area (Å²) >= 11 is 0. The molecule has 1 aliphatic rings. The zero-order valence-electron chi connectivity index (χ0n) is 12.5. The van der Waals surface area contributed by atoms with E-state index in [1.165, 1.54) is 34.7 Å². The molecule has 1 fully saturated rings. The first-order chi connectivity index (χ1) is 10.2. The van der Waals surface area contributed by atoms with Gasteiger partial charge in [0.2, 0.25) is 5.91 Å². The first-order valence-electron chi connectivity index (χ1n) is 7.71. The first kappa shape index (κ1) is 14.1. The third-order valence-corrected chi connectivity index (χ3v) is 3.95. The van der Waals surface area contributed by atoms with Crippen LogP contribution in [0.3, 0.4) is 0 Å². The highest BCUT2D eigenvalue weighted by atomic mass is 16.1. The minimum atomic E-state index is 0.0337. The van der Waals surface area contributed by atoms with Crippen LogP contribution in [-0.4, -0.2) is 18.5 Å². The third-order valence-electron chi connectivity index (χ3n) is 3.95. The Labute approximate surface area is 125 Å². The lowest BCUT2D eigenvalue weighted by molar-refractivity contribution is -0.118. The first-order valence-corrected chi connectivity index (χ1v) is 7.71. The van der Waals surface area contributed by atoms with Crippen LogP contribution in [0.25, 0.3) is 10.8 Å². The van der Waals surface area contributed by atoms with Crippen molar-refractivity contribution < 1.29 is 4.79 Å². The molecule has 0 radical (unpaired) electrons. The van der Waals surface area contributed by atoms with E-state index in [9.17, 15) is 4.79 Å².